The molecular weight excluding hydrogens is 392 g/mol. The second-order valence-corrected chi connectivity index (χ2v) is 7.67. The highest BCUT2D eigenvalue weighted by atomic mass is 32.2. The summed E-state index contributed by atoms with van der Waals surface area (Å²) in [5.74, 6) is -1.13. The van der Waals surface area contributed by atoms with Crippen molar-refractivity contribution in [3.8, 4) is 5.75 Å². The summed E-state index contributed by atoms with van der Waals surface area (Å²) in [4.78, 5) is 10.8. The Labute approximate surface area is 168 Å². The van der Waals surface area contributed by atoms with Gasteiger partial charge in [0, 0.05) is 5.56 Å². The van der Waals surface area contributed by atoms with Gasteiger partial charge in [0.2, 0.25) is 0 Å². The lowest BCUT2D eigenvalue weighted by atomic mass is 10.2. The molecule has 0 amide bonds. The first kappa shape index (κ1) is 20.1. The quantitative estimate of drug-likeness (QED) is 0.365. The van der Waals surface area contributed by atoms with Crippen molar-refractivity contribution in [2.75, 3.05) is 5.43 Å². The molecule has 0 spiro atoms. The fraction of sp³-hybridized carbons (Fsp3) is 0.0476. The fourth-order valence-electron chi connectivity index (χ4n) is 2.39. The van der Waals surface area contributed by atoms with Gasteiger partial charge in [0.05, 0.1) is 17.9 Å². The van der Waals surface area contributed by atoms with Gasteiger partial charge in [-0.15, -0.1) is 0 Å². The molecule has 3 rings (SSSR count). The van der Waals surface area contributed by atoms with Crippen molar-refractivity contribution >= 4 is 28.0 Å². The molecule has 7 nitrogen and oxygen atoms in total. The molecule has 8 heteroatoms. The minimum absolute atomic E-state index is 0.0552. The lowest BCUT2D eigenvalue weighted by molar-refractivity contribution is -0.255. The number of anilines is 1. The van der Waals surface area contributed by atoms with Gasteiger partial charge in [-0.05, 0) is 48.9 Å². The lowest BCUT2D eigenvalue weighted by Crippen LogP contribution is -2.21. The Morgan fingerprint density at radius 1 is 1.00 bits per heavy atom. The molecule has 0 saturated heterocycles. The van der Waals surface area contributed by atoms with Gasteiger partial charge in [0.25, 0.3) is 0 Å². The van der Waals surface area contributed by atoms with Crippen LogP contribution in [0.15, 0.2) is 82.8 Å². The number of rotatable bonds is 7. The molecule has 148 valence electrons. The third-order valence-corrected chi connectivity index (χ3v) is 5.19. The van der Waals surface area contributed by atoms with Gasteiger partial charge in [0.15, 0.2) is 5.75 Å². The van der Waals surface area contributed by atoms with E-state index < -0.39 is 16.1 Å². The first-order chi connectivity index (χ1) is 13.8. The van der Waals surface area contributed by atoms with E-state index in [1.807, 2.05) is 6.92 Å². The molecule has 0 unspecified atom stereocenters. The highest BCUT2D eigenvalue weighted by molar-refractivity contribution is 7.87. The maximum Gasteiger partial charge on any atom is 0.339 e. The molecular formula is C21H17N2O5S-. The number of benzene rings is 3. The Bertz CT molecular complexity index is 1140. The summed E-state index contributed by atoms with van der Waals surface area (Å²) in [5.41, 5.74) is 4.73. The summed E-state index contributed by atoms with van der Waals surface area (Å²) in [6, 6.07) is 18.8. The molecule has 0 atom stereocenters. The topological polar surface area (TPSA) is 108 Å². The summed E-state index contributed by atoms with van der Waals surface area (Å²) in [5, 5.41) is 14.8. The maximum absolute atomic E-state index is 12.5. The Morgan fingerprint density at radius 3 is 2.31 bits per heavy atom. The van der Waals surface area contributed by atoms with Crippen molar-refractivity contribution in [2.24, 2.45) is 5.10 Å². The molecule has 0 aromatic heterocycles. The third kappa shape index (κ3) is 5.20. The molecule has 0 aliphatic carbocycles. The Kier molecular flexibility index (Phi) is 5.94. The van der Waals surface area contributed by atoms with Crippen LogP contribution in [0.3, 0.4) is 0 Å². The standard InChI is InChI=1S/C21H18N2O5S/c1-15-6-12-19(13-7-15)29(26,27)28-20-5-3-2-4-17(20)14-22-23-18-10-8-16(9-11-18)21(24)25/h2-14,23H,1H3,(H,24,25)/p-1/b22-14-. The van der Waals surface area contributed by atoms with Crippen molar-refractivity contribution in [1.29, 1.82) is 0 Å². The number of hydrogen-bond donors (Lipinski definition) is 1. The van der Waals surface area contributed by atoms with Crippen LogP contribution in [0.5, 0.6) is 5.75 Å². The number of hydrazone groups is 1. The third-order valence-electron chi connectivity index (χ3n) is 3.95. The van der Waals surface area contributed by atoms with Crippen LogP contribution in [0.1, 0.15) is 21.5 Å². The number of aryl methyl sites for hydroxylation is 1. The molecule has 0 saturated carbocycles. The minimum Gasteiger partial charge on any atom is -0.545 e. The van der Waals surface area contributed by atoms with Crippen LogP contribution in [0.25, 0.3) is 0 Å². The van der Waals surface area contributed by atoms with Crippen LogP contribution in [0, 0.1) is 6.92 Å². The number of carbonyl (C=O) groups is 1. The van der Waals surface area contributed by atoms with Crippen LogP contribution in [-0.2, 0) is 10.1 Å². The van der Waals surface area contributed by atoms with Crippen molar-refractivity contribution in [2.45, 2.75) is 11.8 Å². The first-order valence-electron chi connectivity index (χ1n) is 8.56. The zero-order valence-electron chi connectivity index (χ0n) is 15.4. The Hall–Kier alpha value is -3.65. The number of para-hydroxylation sites is 1. The molecule has 1 N–H and O–H groups in total. The van der Waals surface area contributed by atoms with Crippen LogP contribution in [-0.4, -0.2) is 20.6 Å². The molecule has 0 radical (unpaired) electrons. The normalized spacial score (nSPS) is 11.3. The summed E-state index contributed by atoms with van der Waals surface area (Å²) in [6.07, 6.45) is 1.41. The van der Waals surface area contributed by atoms with Gasteiger partial charge in [-0.25, -0.2) is 0 Å². The summed E-state index contributed by atoms with van der Waals surface area (Å²) in [6.45, 7) is 1.86. The Morgan fingerprint density at radius 2 is 1.66 bits per heavy atom. The molecule has 0 aliphatic rings. The van der Waals surface area contributed by atoms with E-state index >= 15 is 0 Å². The highest BCUT2D eigenvalue weighted by Crippen LogP contribution is 2.22. The number of hydrogen-bond acceptors (Lipinski definition) is 7. The maximum atomic E-state index is 12.5. The van der Waals surface area contributed by atoms with Gasteiger partial charge in [-0.1, -0.05) is 42.0 Å². The molecule has 0 heterocycles. The average molecular weight is 409 g/mol. The molecule has 0 fully saturated rings. The van der Waals surface area contributed by atoms with Gasteiger partial charge in [0.1, 0.15) is 4.90 Å². The summed E-state index contributed by atoms with van der Waals surface area (Å²) >= 11 is 0. The van der Waals surface area contributed by atoms with Crippen LogP contribution < -0.4 is 14.7 Å². The second-order valence-electron chi connectivity index (χ2n) is 6.12. The van der Waals surface area contributed by atoms with Crippen molar-refractivity contribution in [1.82, 2.24) is 0 Å². The van der Waals surface area contributed by atoms with E-state index in [-0.39, 0.29) is 16.2 Å². The molecule has 0 bridgehead atoms. The van der Waals surface area contributed by atoms with E-state index in [4.69, 9.17) is 4.18 Å². The Balaban J connectivity index is 1.75. The van der Waals surface area contributed by atoms with Crippen molar-refractivity contribution in [3.63, 3.8) is 0 Å². The predicted octanol–water partition coefficient (Wildman–Crippen LogP) is 2.57. The van der Waals surface area contributed by atoms with Crippen LogP contribution in [0.4, 0.5) is 5.69 Å². The monoisotopic (exact) mass is 409 g/mol. The van der Waals surface area contributed by atoms with Crippen molar-refractivity contribution < 1.29 is 22.5 Å². The number of carbonyl (C=O) groups excluding carboxylic acids is 1. The number of nitrogens with one attached hydrogen (secondary N) is 1. The van der Waals surface area contributed by atoms with E-state index in [2.05, 4.69) is 10.5 Å². The van der Waals surface area contributed by atoms with Crippen LogP contribution in [0.2, 0.25) is 0 Å². The van der Waals surface area contributed by atoms with E-state index in [1.54, 1.807) is 30.3 Å². The van der Waals surface area contributed by atoms with Crippen molar-refractivity contribution in [3.05, 3.63) is 89.5 Å². The lowest BCUT2D eigenvalue weighted by Gasteiger charge is -2.09. The van der Waals surface area contributed by atoms with E-state index in [0.29, 0.717) is 11.3 Å². The largest absolute Gasteiger partial charge is 0.545 e. The first-order valence-corrected chi connectivity index (χ1v) is 9.97. The summed E-state index contributed by atoms with van der Waals surface area (Å²) in [7, 11) is -3.99. The van der Waals surface area contributed by atoms with E-state index in [1.165, 1.54) is 48.7 Å². The van der Waals surface area contributed by atoms with Gasteiger partial charge >= 0.3 is 10.1 Å². The smallest absolute Gasteiger partial charge is 0.339 e. The minimum atomic E-state index is -3.99. The number of carboxylic acids is 1. The zero-order chi connectivity index (χ0) is 20.9. The zero-order valence-corrected chi connectivity index (χ0v) is 16.2. The van der Waals surface area contributed by atoms with Gasteiger partial charge in [-0.2, -0.15) is 13.5 Å². The molecule has 29 heavy (non-hydrogen) atoms. The second kappa shape index (κ2) is 8.57. The van der Waals surface area contributed by atoms with E-state index in [0.717, 1.165) is 5.56 Å². The van der Waals surface area contributed by atoms with E-state index in [9.17, 15) is 18.3 Å². The predicted molar refractivity (Wildman–Crippen MR) is 107 cm³/mol. The number of carboxylic acid groups (broad SMARTS) is 1. The molecule has 3 aromatic carbocycles. The highest BCUT2D eigenvalue weighted by Gasteiger charge is 2.17. The average Bonchev–Trinajstić information content (AvgIpc) is 2.70. The number of nitrogens with zero attached hydrogens (tertiary/aromatic N) is 1. The molecule has 0 aliphatic heterocycles. The molecule has 3 aromatic rings. The fourth-order valence-corrected chi connectivity index (χ4v) is 3.35. The van der Waals surface area contributed by atoms with Gasteiger partial charge < -0.3 is 14.1 Å². The van der Waals surface area contributed by atoms with Gasteiger partial charge in [-0.3, -0.25) is 5.43 Å². The SMILES string of the molecule is Cc1ccc(S(=O)(=O)Oc2ccccc2/C=N\Nc2ccc(C(=O)[O-])cc2)cc1. The number of aromatic carboxylic acids is 1. The summed E-state index contributed by atoms with van der Waals surface area (Å²) < 4.78 is 30.3. The van der Waals surface area contributed by atoms with Crippen LogP contribution >= 0.6 is 0 Å².